The zero-order valence-corrected chi connectivity index (χ0v) is 22.3. The molecule has 3 aromatic rings. The van der Waals surface area contributed by atoms with Gasteiger partial charge in [-0.15, -0.1) is 11.8 Å². The Labute approximate surface area is 232 Å². The monoisotopic (exact) mass is 596 g/mol. The van der Waals surface area contributed by atoms with E-state index < -0.39 is 41.1 Å². The number of thioether (sulfide) groups is 1. The number of hydrogen-bond donors (Lipinski definition) is 1. The lowest BCUT2D eigenvalue weighted by atomic mass is 9.68. The molecule has 4 aliphatic rings. The van der Waals surface area contributed by atoms with Gasteiger partial charge in [-0.3, -0.25) is 14.4 Å². The topological polar surface area (TPSA) is 70.2 Å². The number of nitrogens with one attached hydrogen (secondary N) is 1. The van der Waals surface area contributed by atoms with Crippen LogP contribution >= 0.6 is 46.3 Å². The quantitative estimate of drug-likeness (QED) is 0.346. The number of alkyl halides is 3. The zero-order valence-electron chi connectivity index (χ0n) is 19.2. The molecule has 1 aromatic heterocycles. The van der Waals surface area contributed by atoms with Gasteiger partial charge < -0.3 is 4.98 Å². The smallest absolute Gasteiger partial charge is 0.307 e. The molecular formula is C26H17Cl2F3N2O3S2. The van der Waals surface area contributed by atoms with E-state index in [1.807, 2.05) is 6.07 Å². The molecular weight excluding hydrogens is 580 g/mol. The molecule has 196 valence electrons. The van der Waals surface area contributed by atoms with Crippen LogP contribution in [0.15, 0.2) is 52.3 Å². The van der Waals surface area contributed by atoms with Crippen LogP contribution in [0.3, 0.4) is 0 Å². The number of H-pyrrole nitrogens is 1. The summed E-state index contributed by atoms with van der Waals surface area (Å²) in [7, 11) is 0. The number of hydrogen-bond acceptors (Lipinski definition) is 5. The number of carbonyl (C=O) groups excluding carboxylic acids is 2. The minimum absolute atomic E-state index is 0.117. The van der Waals surface area contributed by atoms with E-state index >= 15 is 0 Å². The maximum atomic E-state index is 13.8. The van der Waals surface area contributed by atoms with Crippen LogP contribution in [0.25, 0.3) is 0 Å². The van der Waals surface area contributed by atoms with Crippen molar-refractivity contribution in [2.45, 2.75) is 28.8 Å². The van der Waals surface area contributed by atoms with Crippen LogP contribution in [-0.4, -0.2) is 22.0 Å². The van der Waals surface area contributed by atoms with Gasteiger partial charge in [0.1, 0.15) is 0 Å². The van der Waals surface area contributed by atoms with Crippen molar-refractivity contribution in [1.29, 1.82) is 0 Å². The molecule has 3 heterocycles. The van der Waals surface area contributed by atoms with Gasteiger partial charge in [0.05, 0.1) is 38.2 Å². The second-order valence-corrected chi connectivity index (χ2v) is 13.1. The molecule has 0 radical (unpaired) electrons. The first-order valence-electron chi connectivity index (χ1n) is 12.0. The molecule has 7 atom stereocenters. The highest BCUT2D eigenvalue weighted by Gasteiger charge is 2.70. The summed E-state index contributed by atoms with van der Waals surface area (Å²) in [6, 6.07) is 10.0. The minimum Gasteiger partial charge on any atom is -0.307 e. The molecule has 0 spiro atoms. The average molecular weight is 597 g/mol. The number of benzene rings is 2. The van der Waals surface area contributed by atoms with Crippen LogP contribution < -0.4 is 9.77 Å². The van der Waals surface area contributed by atoms with Gasteiger partial charge >= 0.3 is 11.0 Å². The third-order valence-electron chi connectivity index (χ3n) is 8.49. The molecule has 3 fully saturated rings. The molecule has 0 unspecified atom stereocenters. The molecule has 2 aromatic carbocycles. The molecule has 2 aliphatic carbocycles. The molecule has 1 N–H and O–H groups in total. The van der Waals surface area contributed by atoms with E-state index in [0.29, 0.717) is 21.5 Å². The molecule has 2 aliphatic heterocycles. The summed E-state index contributed by atoms with van der Waals surface area (Å²) in [5.74, 6) is -3.55. The van der Waals surface area contributed by atoms with E-state index in [1.165, 1.54) is 30.0 Å². The Morgan fingerprint density at radius 3 is 2.39 bits per heavy atom. The van der Waals surface area contributed by atoms with Crippen molar-refractivity contribution >= 4 is 63.8 Å². The Bertz CT molecular complexity index is 1590. The lowest BCUT2D eigenvalue weighted by molar-refractivity contribution is -0.137. The van der Waals surface area contributed by atoms with Crippen molar-refractivity contribution in [3.05, 3.63) is 78.2 Å². The second kappa shape index (κ2) is 8.36. The van der Waals surface area contributed by atoms with E-state index in [-0.39, 0.29) is 33.8 Å². The number of rotatable bonds is 2. The van der Waals surface area contributed by atoms with Crippen LogP contribution in [0.2, 0.25) is 10.0 Å². The predicted molar refractivity (Wildman–Crippen MR) is 139 cm³/mol. The summed E-state index contributed by atoms with van der Waals surface area (Å²) in [4.78, 5) is 44.1. The number of imide groups is 1. The lowest BCUT2D eigenvalue weighted by Gasteiger charge is -2.43. The van der Waals surface area contributed by atoms with Crippen LogP contribution in [0.4, 0.5) is 18.9 Å². The van der Waals surface area contributed by atoms with Crippen molar-refractivity contribution in [2.24, 2.45) is 29.6 Å². The standard InChI is InChI=1S/C26H17Cl2F3N2O3S2/c27-13-6-3-4-9(19(13)28)15-16-10-8-11(20(16)37-22-21(15)38-25(36)32-22)18-17(10)23(34)33(24(18)35)14-7-2-1-5-12(14)26(29,30)31/h1-7,10-11,15-18,20H,8H2,(H,32,36)/t10-,11-,15+,16+,17+,18+,20-/m1/s1. The molecule has 2 saturated carbocycles. The summed E-state index contributed by atoms with van der Waals surface area (Å²) in [5.41, 5.74) is -0.687. The van der Waals surface area contributed by atoms with Crippen LogP contribution in [0.1, 0.15) is 28.3 Å². The fourth-order valence-corrected chi connectivity index (χ4v) is 10.6. The Hall–Kier alpha value is -2.27. The predicted octanol–water partition coefficient (Wildman–Crippen LogP) is 6.44. The Morgan fingerprint density at radius 2 is 1.66 bits per heavy atom. The van der Waals surface area contributed by atoms with Crippen molar-refractivity contribution in [2.75, 3.05) is 4.90 Å². The van der Waals surface area contributed by atoms with E-state index in [2.05, 4.69) is 4.98 Å². The normalized spacial score (nSPS) is 31.5. The minimum atomic E-state index is -4.72. The summed E-state index contributed by atoms with van der Waals surface area (Å²) < 4.78 is 41.4. The Morgan fingerprint density at radius 1 is 0.947 bits per heavy atom. The number of amides is 2. The first-order valence-corrected chi connectivity index (χ1v) is 14.4. The van der Waals surface area contributed by atoms with Gasteiger partial charge in [0.15, 0.2) is 0 Å². The number of halogens is 5. The van der Waals surface area contributed by atoms with Gasteiger partial charge in [-0.05, 0) is 47.9 Å². The molecule has 12 heteroatoms. The summed E-state index contributed by atoms with van der Waals surface area (Å²) in [5, 5.41) is 1.33. The molecule has 38 heavy (non-hydrogen) atoms. The third kappa shape index (κ3) is 3.29. The van der Waals surface area contributed by atoms with Crippen LogP contribution in [0.5, 0.6) is 0 Å². The number of para-hydroxylation sites is 1. The fraction of sp³-hybridized carbons (Fsp3) is 0.346. The van der Waals surface area contributed by atoms with Gasteiger partial charge in [0.2, 0.25) is 11.8 Å². The van der Waals surface area contributed by atoms with E-state index in [1.54, 1.807) is 12.1 Å². The maximum absolute atomic E-state index is 13.8. The second-order valence-electron chi connectivity index (χ2n) is 10.1. The fourth-order valence-electron chi connectivity index (χ4n) is 7.27. The van der Waals surface area contributed by atoms with Crippen molar-refractivity contribution < 1.29 is 22.8 Å². The number of aromatic amines is 1. The Balaban J connectivity index is 1.34. The van der Waals surface area contributed by atoms with E-state index in [0.717, 1.165) is 32.7 Å². The van der Waals surface area contributed by atoms with Crippen molar-refractivity contribution in [1.82, 2.24) is 4.98 Å². The number of thiazole rings is 1. The summed E-state index contributed by atoms with van der Waals surface area (Å²) in [6.07, 6.45) is -4.11. The lowest BCUT2D eigenvalue weighted by Crippen LogP contribution is -2.42. The molecule has 2 bridgehead atoms. The first kappa shape index (κ1) is 24.7. The SMILES string of the molecule is O=C1[C@H]2[C@H]3C[C@@H]([C@@H]2C(=O)N1c1ccccc1C(F)(F)F)[C@H]1[C@H](c2cccc(Cl)c2Cl)c2sc(=O)[nH]c2S[C@H]31. The maximum Gasteiger partial charge on any atom is 0.418 e. The van der Waals surface area contributed by atoms with Gasteiger partial charge in [0, 0.05) is 16.0 Å². The first-order chi connectivity index (χ1) is 18.1. The largest absolute Gasteiger partial charge is 0.418 e. The van der Waals surface area contributed by atoms with Crippen LogP contribution in [0, 0.1) is 29.6 Å². The van der Waals surface area contributed by atoms with Gasteiger partial charge in [-0.1, -0.05) is 58.8 Å². The van der Waals surface area contributed by atoms with Crippen LogP contribution in [-0.2, 0) is 15.8 Å². The highest BCUT2D eigenvalue weighted by atomic mass is 35.5. The van der Waals surface area contributed by atoms with Crippen molar-refractivity contribution in [3.63, 3.8) is 0 Å². The zero-order chi connectivity index (χ0) is 26.7. The number of nitrogens with zero attached hydrogens (tertiary/aromatic N) is 1. The summed E-state index contributed by atoms with van der Waals surface area (Å²) >= 11 is 15.6. The summed E-state index contributed by atoms with van der Waals surface area (Å²) in [6.45, 7) is 0. The highest BCUT2D eigenvalue weighted by molar-refractivity contribution is 8.00. The number of aromatic nitrogens is 1. The average Bonchev–Trinajstić information content (AvgIpc) is 3.59. The Kier molecular flexibility index (Phi) is 5.45. The van der Waals surface area contributed by atoms with E-state index in [4.69, 9.17) is 23.2 Å². The highest BCUT2D eigenvalue weighted by Crippen LogP contribution is 2.69. The molecule has 7 rings (SSSR count). The number of carbonyl (C=O) groups is 2. The van der Waals surface area contributed by atoms with E-state index in [9.17, 15) is 27.6 Å². The van der Waals surface area contributed by atoms with Gasteiger partial charge in [-0.2, -0.15) is 13.2 Å². The molecule has 1 saturated heterocycles. The van der Waals surface area contributed by atoms with Gasteiger partial charge in [0.25, 0.3) is 0 Å². The molecule has 2 amide bonds. The third-order valence-corrected chi connectivity index (χ3v) is 11.9. The number of fused-ring (bicyclic) bond motifs is 9. The van der Waals surface area contributed by atoms with Gasteiger partial charge in [-0.25, -0.2) is 4.90 Å². The molecule has 5 nitrogen and oxygen atoms in total. The number of anilines is 1. The van der Waals surface area contributed by atoms with Crippen molar-refractivity contribution in [3.8, 4) is 0 Å².